The summed E-state index contributed by atoms with van der Waals surface area (Å²) >= 11 is 0. The molecule has 48 heavy (non-hydrogen) atoms. The quantitative estimate of drug-likeness (QED) is 0.166. The number of rotatable bonds is 11. The van der Waals surface area contributed by atoms with Gasteiger partial charge in [-0.3, -0.25) is 4.79 Å². The minimum Gasteiger partial charge on any atom is -0.466 e. The molecule has 6 rings (SSSR count). The van der Waals surface area contributed by atoms with Crippen molar-refractivity contribution in [1.82, 2.24) is 19.7 Å². The molecule has 1 aliphatic carbocycles. The Balaban J connectivity index is 1.17. The number of likely N-dealkylation sites (tertiary alicyclic amines) is 1. The summed E-state index contributed by atoms with van der Waals surface area (Å²) in [6, 6.07) is 19.6. The molecule has 1 N–H and O–H groups in total. The normalized spacial score (nSPS) is 16.2. The van der Waals surface area contributed by atoms with Gasteiger partial charge in [-0.25, -0.2) is 14.5 Å². The lowest BCUT2D eigenvalue weighted by molar-refractivity contribution is -0.143. The molecule has 2 aliphatic rings. The van der Waals surface area contributed by atoms with Crippen LogP contribution in [0.1, 0.15) is 93.2 Å². The van der Waals surface area contributed by atoms with E-state index in [4.69, 9.17) is 14.5 Å². The van der Waals surface area contributed by atoms with Crippen LogP contribution in [0.5, 0.6) is 0 Å². The van der Waals surface area contributed by atoms with Crippen molar-refractivity contribution in [3.8, 4) is 17.1 Å². The van der Waals surface area contributed by atoms with Gasteiger partial charge in [-0.2, -0.15) is 5.10 Å². The highest BCUT2D eigenvalue weighted by molar-refractivity contribution is 5.70. The minimum absolute atomic E-state index is 0.0990. The molecular weight excluding hydrogens is 602 g/mol. The minimum atomic E-state index is -0.199. The van der Waals surface area contributed by atoms with E-state index in [0.29, 0.717) is 25.4 Å². The van der Waals surface area contributed by atoms with E-state index < -0.39 is 0 Å². The van der Waals surface area contributed by atoms with Gasteiger partial charge in [-0.1, -0.05) is 37.3 Å². The second-order valence-electron chi connectivity index (χ2n) is 13.1. The summed E-state index contributed by atoms with van der Waals surface area (Å²) in [6.45, 7) is 9.67. The molecule has 1 aliphatic heterocycles. The molecule has 0 saturated carbocycles. The van der Waals surface area contributed by atoms with E-state index in [9.17, 15) is 9.59 Å². The number of fused-ring (bicyclic) bond motifs is 1. The summed E-state index contributed by atoms with van der Waals surface area (Å²) in [6.07, 6.45) is 9.22. The lowest BCUT2D eigenvalue weighted by Gasteiger charge is -2.33. The maximum absolute atomic E-state index is 12.4. The molecule has 2 aromatic carbocycles. The number of aromatic nitrogens is 3. The smallest absolute Gasteiger partial charge is 0.410 e. The standard InChI is InChI=1S/C39H47N5O4/c1-5-28-23-31(15-16-32(28)29-19-21-43(22-20-29)39(46)48-26(3)4)41-35-17-14-30-9-7-10-33(38(30)35)34-11-8-12-36(42-34)44-25-27(24-40-44)13-18-37(45)47-6-2/h7-12,15-16,23-26,29,35,41H,5-6,13-14,17-22H2,1-4H3. The lowest BCUT2D eigenvalue weighted by Crippen LogP contribution is -2.39. The van der Waals surface area contributed by atoms with Gasteiger partial charge in [-0.05, 0) is 117 Å². The van der Waals surface area contributed by atoms with Gasteiger partial charge in [0.2, 0.25) is 0 Å². The SMILES string of the molecule is CCOC(=O)CCc1cnn(-c2cccc(-c3cccc4c3C(Nc3ccc(C5CCN(C(=O)OC(C)C)CC5)c(CC)c3)CC4)n2)c1. The summed E-state index contributed by atoms with van der Waals surface area (Å²) in [5.74, 6) is 0.981. The Labute approximate surface area is 283 Å². The van der Waals surface area contributed by atoms with Crippen molar-refractivity contribution < 1.29 is 19.1 Å². The van der Waals surface area contributed by atoms with Gasteiger partial charge in [0.25, 0.3) is 0 Å². The van der Waals surface area contributed by atoms with Crippen LogP contribution in [0.2, 0.25) is 0 Å². The number of hydrogen-bond donors (Lipinski definition) is 1. The zero-order valence-corrected chi connectivity index (χ0v) is 28.6. The Morgan fingerprint density at radius 3 is 2.60 bits per heavy atom. The highest BCUT2D eigenvalue weighted by atomic mass is 16.6. The van der Waals surface area contributed by atoms with Crippen LogP contribution in [0.4, 0.5) is 10.5 Å². The van der Waals surface area contributed by atoms with E-state index in [-0.39, 0.29) is 24.2 Å². The van der Waals surface area contributed by atoms with Gasteiger partial charge >= 0.3 is 12.1 Å². The number of amides is 1. The second kappa shape index (κ2) is 15.0. The van der Waals surface area contributed by atoms with Crippen LogP contribution in [0.15, 0.2) is 67.0 Å². The first-order chi connectivity index (χ1) is 23.3. The number of nitrogens with one attached hydrogen (secondary N) is 1. The zero-order valence-electron chi connectivity index (χ0n) is 28.6. The fourth-order valence-electron chi connectivity index (χ4n) is 7.10. The van der Waals surface area contributed by atoms with Gasteiger partial charge < -0.3 is 19.7 Å². The number of benzene rings is 2. The summed E-state index contributed by atoms with van der Waals surface area (Å²) < 4.78 is 12.3. The molecule has 0 bridgehead atoms. The molecule has 1 unspecified atom stereocenters. The third-order valence-corrected chi connectivity index (χ3v) is 9.45. The van der Waals surface area contributed by atoms with E-state index in [2.05, 4.69) is 59.8 Å². The topological polar surface area (TPSA) is 98.6 Å². The van der Waals surface area contributed by atoms with E-state index >= 15 is 0 Å². The molecule has 2 aromatic heterocycles. The van der Waals surface area contributed by atoms with Crippen LogP contribution < -0.4 is 5.32 Å². The number of ether oxygens (including phenoxy) is 2. The molecule has 9 nitrogen and oxygen atoms in total. The predicted octanol–water partition coefficient (Wildman–Crippen LogP) is 7.82. The molecular formula is C39H47N5O4. The van der Waals surface area contributed by atoms with Crippen molar-refractivity contribution in [2.75, 3.05) is 25.0 Å². The predicted molar refractivity (Wildman–Crippen MR) is 187 cm³/mol. The van der Waals surface area contributed by atoms with Crippen molar-refractivity contribution >= 4 is 17.7 Å². The van der Waals surface area contributed by atoms with Crippen LogP contribution in [0, 0.1) is 0 Å². The number of pyridine rings is 1. The number of hydrogen-bond acceptors (Lipinski definition) is 7. The molecule has 9 heteroatoms. The molecule has 4 aromatic rings. The van der Waals surface area contributed by atoms with E-state index in [0.717, 1.165) is 73.5 Å². The Kier molecular flexibility index (Phi) is 10.4. The first-order valence-electron chi connectivity index (χ1n) is 17.5. The summed E-state index contributed by atoms with van der Waals surface area (Å²) in [5, 5.41) is 8.42. The number of aryl methyl sites for hydroxylation is 3. The highest BCUT2D eigenvalue weighted by Crippen LogP contribution is 2.41. The number of esters is 1. The van der Waals surface area contributed by atoms with Crippen LogP contribution in [-0.4, -0.2) is 57.5 Å². The fourth-order valence-corrected chi connectivity index (χ4v) is 7.10. The molecule has 0 spiro atoms. The first kappa shape index (κ1) is 33.2. The maximum atomic E-state index is 12.4. The molecule has 3 heterocycles. The van der Waals surface area contributed by atoms with Crippen molar-refractivity contribution in [3.05, 3.63) is 94.8 Å². The average Bonchev–Trinajstić information content (AvgIpc) is 3.75. The Bertz CT molecular complexity index is 1740. The van der Waals surface area contributed by atoms with Gasteiger partial charge in [0.15, 0.2) is 5.82 Å². The third-order valence-electron chi connectivity index (χ3n) is 9.45. The number of anilines is 1. The van der Waals surface area contributed by atoms with Gasteiger partial charge in [0.1, 0.15) is 0 Å². The fraction of sp³-hybridized carbons (Fsp3) is 0.436. The van der Waals surface area contributed by atoms with Crippen molar-refractivity contribution in [2.24, 2.45) is 0 Å². The molecule has 252 valence electrons. The van der Waals surface area contributed by atoms with Gasteiger partial charge in [-0.15, -0.1) is 0 Å². The van der Waals surface area contributed by atoms with Crippen molar-refractivity contribution in [3.63, 3.8) is 0 Å². The van der Waals surface area contributed by atoms with Crippen LogP contribution in [0.3, 0.4) is 0 Å². The largest absolute Gasteiger partial charge is 0.466 e. The molecule has 1 saturated heterocycles. The number of carbonyl (C=O) groups excluding carboxylic acids is 2. The first-order valence-corrected chi connectivity index (χ1v) is 17.5. The number of nitrogens with zero attached hydrogens (tertiary/aromatic N) is 4. The number of carbonyl (C=O) groups is 2. The summed E-state index contributed by atoms with van der Waals surface area (Å²) in [4.78, 5) is 31.1. The van der Waals surface area contributed by atoms with E-state index in [1.807, 2.05) is 44.0 Å². The molecule has 1 atom stereocenters. The highest BCUT2D eigenvalue weighted by Gasteiger charge is 2.28. The van der Waals surface area contributed by atoms with E-state index in [1.54, 1.807) is 10.9 Å². The monoisotopic (exact) mass is 649 g/mol. The lowest BCUT2D eigenvalue weighted by atomic mass is 9.85. The summed E-state index contributed by atoms with van der Waals surface area (Å²) in [7, 11) is 0. The van der Waals surface area contributed by atoms with Crippen LogP contribution in [0.25, 0.3) is 17.1 Å². The van der Waals surface area contributed by atoms with Crippen molar-refractivity contribution in [1.29, 1.82) is 0 Å². The number of piperidine rings is 1. The Morgan fingerprint density at radius 2 is 1.83 bits per heavy atom. The Hall–Kier alpha value is -4.66. The van der Waals surface area contributed by atoms with Gasteiger partial charge in [0, 0.05) is 37.0 Å². The average molecular weight is 650 g/mol. The maximum Gasteiger partial charge on any atom is 0.410 e. The van der Waals surface area contributed by atoms with Gasteiger partial charge in [0.05, 0.1) is 30.6 Å². The second-order valence-corrected chi connectivity index (χ2v) is 13.1. The molecule has 1 amide bonds. The van der Waals surface area contributed by atoms with Crippen LogP contribution >= 0.6 is 0 Å². The van der Waals surface area contributed by atoms with Crippen molar-refractivity contribution in [2.45, 2.75) is 90.7 Å². The van der Waals surface area contributed by atoms with Crippen LogP contribution in [-0.2, 0) is 33.5 Å². The van der Waals surface area contributed by atoms with E-state index in [1.165, 1.54) is 22.3 Å². The summed E-state index contributed by atoms with van der Waals surface area (Å²) in [5.41, 5.74) is 9.57. The Morgan fingerprint density at radius 1 is 1.02 bits per heavy atom. The zero-order chi connectivity index (χ0) is 33.6. The molecule has 0 radical (unpaired) electrons. The third kappa shape index (κ3) is 7.56. The molecule has 1 fully saturated rings.